The summed E-state index contributed by atoms with van der Waals surface area (Å²) in [5.74, 6) is 0.729. The zero-order valence-corrected chi connectivity index (χ0v) is 9.70. The van der Waals surface area contributed by atoms with Gasteiger partial charge < -0.3 is 16.2 Å². The lowest BCUT2D eigenvalue weighted by atomic mass is 9.99. The Morgan fingerprint density at radius 2 is 2.07 bits per heavy atom. The second-order valence-corrected chi connectivity index (χ2v) is 4.39. The highest BCUT2D eigenvalue weighted by molar-refractivity contribution is 5.50. The smallest absolute Gasteiger partial charge is 0.126 e. The van der Waals surface area contributed by atoms with Gasteiger partial charge in [0.2, 0.25) is 0 Å². The van der Waals surface area contributed by atoms with Crippen LogP contribution in [0, 0.1) is 6.92 Å². The van der Waals surface area contributed by atoms with E-state index in [1.165, 1.54) is 0 Å². The van der Waals surface area contributed by atoms with Crippen molar-refractivity contribution in [3.05, 3.63) is 17.8 Å². The molecule has 4 heteroatoms. The van der Waals surface area contributed by atoms with Crippen molar-refractivity contribution in [1.82, 2.24) is 4.98 Å². The monoisotopic (exact) mass is 209 g/mol. The SMILES string of the molecule is Cc1nc(NC(C)(C)C(C)O)ccc1N. The van der Waals surface area contributed by atoms with Gasteiger partial charge in [-0.3, -0.25) is 0 Å². The third-order valence-corrected chi connectivity index (χ3v) is 2.62. The highest BCUT2D eigenvalue weighted by Crippen LogP contribution is 2.18. The molecule has 15 heavy (non-hydrogen) atoms. The predicted octanol–water partition coefficient (Wildman–Crippen LogP) is 1.54. The molecule has 84 valence electrons. The van der Waals surface area contributed by atoms with Crippen molar-refractivity contribution in [2.45, 2.75) is 39.3 Å². The molecule has 1 atom stereocenters. The second-order valence-electron chi connectivity index (χ2n) is 4.39. The van der Waals surface area contributed by atoms with Crippen molar-refractivity contribution >= 4 is 11.5 Å². The average Bonchev–Trinajstić information content (AvgIpc) is 2.10. The van der Waals surface area contributed by atoms with Gasteiger partial charge in [0.25, 0.3) is 0 Å². The number of aliphatic hydroxyl groups excluding tert-OH is 1. The van der Waals surface area contributed by atoms with Crippen LogP contribution in [0.3, 0.4) is 0 Å². The average molecular weight is 209 g/mol. The first-order valence-electron chi connectivity index (χ1n) is 5.02. The van der Waals surface area contributed by atoms with Crippen molar-refractivity contribution in [3.8, 4) is 0 Å². The lowest BCUT2D eigenvalue weighted by Gasteiger charge is -2.30. The number of nitrogens with zero attached hydrogens (tertiary/aromatic N) is 1. The molecule has 0 aliphatic heterocycles. The molecule has 0 spiro atoms. The number of nitrogens with one attached hydrogen (secondary N) is 1. The van der Waals surface area contributed by atoms with Crippen LogP contribution in [-0.4, -0.2) is 21.7 Å². The first-order chi connectivity index (χ1) is 6.83. The fraction of sp³-hybridized carbons (Fsp3) is 0.545. The Morgan fingerprint density at radius 1 is 1.47 bits per heavy atom. The molecular weight excluding hydrogens is 190 g/mol. The maximum atomic E-state index is 9.55. The summed E-state index contributed by atoms with van der Waals surface area (Å²) in [4.78, 5) is 4.29. The Hall–Kier alpha value is -1.29. The highest BCUT2D eigenvalue weighted by atomic mass is 16.3. The molecule has 0 saturated carbocycles. The molecule has 1 aromatic heterocycles. The van der Waals surface area contributed by atoms with Gasteiger partial charge in [-0.15, -0.1) is 0 Å². The number of pyridine rings is 1. The number of hydrogen-bond donors (Lipinski definition) is 3. The van der Waals surface area contributed by atoms with Gasteiger partial charge in [-0.25, -0.2) is 4.98 Å². The van der Waals surface area contributed by atoms with Gasteiger partial charge >= 0.3 is 0 Å². The lowest BCUT2D eigenvalue weighted by molar-refractivity contribution is 0.133. The van der Waals surface area contributed by atoms with E-state index in [4.69, 9.17) is 5.73 Å². The van der Waals surface area contributed by atoms with Gasteiger partial charge in [0, 0.05) is 0 Å². The van der Waals surface area contributed by atoms with Crippen molar-refractivity contribution in [3.63, 3.8) is 0 Å². The summed E-state index contributed by atoms with van der Waals surface area (Å²) in [5, 5.41) is 12.7. The van der Waals surface area contributed by atoms with Gasteiger partial charge in [-0.2, -0.15) is 0 Å². The minimum absolute atomic E-state index is 0.407. The van der Waals surface area contributed by atoms with Gasteiger partial charge in [-0.1, -0.05) is 0 Å². The highest BCUT2D eigenvalue weighted by Gasteiger charge is 2.24. The molecule has 4 nitrogen and oxygen atoms in total. The van der Waals surface area contributed by atoms with Crippen molar-refractivity contribution in [1.29, 1.82) is 0 Å². The Balaban J connectivity index is 2.86. The topological polar surface area (TPSA) is 71.2 Å². The molecule has 1 heterocycles. The Kier molecular flexibility index (Phi) is 3.19. The molecule has 0 bridgehead atoms. The van der Waals surface area contributed by atoms with Gasteiger partial charge in [0.1, 0.15) is 5.82 Å². The quantitative estimate of drug-likeness (QED) is 0.706. The molecule has 0 fully saturated rings. The summed E-state index contributed by atoms with van der Waals surface area (Å²) in [6.45, 7) is 7.45. The zero-order valence-electron chi connectivity index (χ0n) is 9.70. The van der Waals surface area contributed by atoms with E-state index in [1.807, 2.05) is 32.9 Å². The summed E-state index contributed by atoms with van der Waals surface area (Å²) in [5.41, 5.74) is 6.73. The van der Waals surface area contributed by atoms with E-state index in [-0.39, 0.29) is 0 Å². The van der Waals surface area contributed by atoms with Crippen LogP contribution in [0.15, 0.2) is 12.1 Å². The molecule has 1 rings (SSSR count). The predicted molar refractivity (Wildman–Crippen MR) is 62.8 cm³/mol. The summed E-state index contributed by atoms with van der Waals surface area (Å²) in [7, 11) is 0. The number of nitrogen functional groups attached to an aromatic ring is 1. The minimum Gasteiger partial charge on any atom is -0.397 e. The molecule has 0 amide bonds. The van der Waals surface area contributed by atoms with Gasteiger partial charge in [0.15, 0.2) is 0 Å². The number of rotatable bonds is 3. The molecule has 1 aromatic rings. The normalized spacial score (nSPS) is 13.7. The van der Waals surface area contributed by atoms with Crippen LogP contribution in [0.4, 0.5) is 11.5 Å². The van der Waals surface area contributed by atoms with Crippen LogP contribution >= 0.6 is 0 Å². The standard InChI is InChI=1S/C11H19N3O/c1-7-9(12)5-6-10(13-7)14-11(3,4)8(2)15/h5-6,8,15H,12H2,1-4H3,(H,13,14). The third kappa shape index (κ3) is 2.83. The van der Waals surface area contributed by atoms with Crippen LogP contribution in [0.5, 0.6) is 0 Å². The fourth-order valence-corrected chi connectivity index (χ4v) is 1.08. The van der Waals surface area contributed by atoms with E-state index in [9.17, 15) is 5.11 Å². The van der Waals surface area contributed by atoms with Gasteiger partial charge in [0.05, 0.1) is 23.0 Å². The van der Waals surface area contributed by atoms with E-state index in [0.29, 0.717) is 5.69 Å². The summed E-state index contributed by atoms with van der Waals surface area (Å²) >= 11 is 0. The van der Waals surface area contributed by atoms with Crippen LogP contribution in [-0.2, 0) is 0 Å². The maximum Gasteiger partial charge on any atom is 0.126 e. The molecule has 0 radical (unpaired) electrons. The maximum absolute atomic E-state index is 9.55. The molecule has 0 aromatic carbocycles. The number of aromatic nitrogens is 1. The fourth-order valence-electron chi connectivity index (χ4n) is 1.08. The molecule has 0 aliphatic carbocycles. The molecular formula is C11H19N3O. The number of nitrogens with two attached hydrogens (primary N) is 1. The lowest BCUT2D eigenvalue weighted by Crippen LogP contribution is -2.42. The van der Waals surface area contributed by atoms with Crippen molar-refractivity contribution in [2.24, 2.45) is 0 Å². The number of anilines is 2. The number of aliphatic hydroxyl groups is 1. The minimum atomic E-state index is -0.461. The van der Waals surface area contributed by atoms with Crippen LogP contribution in [0.2, 0.25) is 0 Å². The van der Waals surface area contributed by atoms with Gasteiger partial charge in [-0.05, 0) is 39.8 Å². The van der Waals surface area contributed by atoms with E-state index in [0.717, 1.165) is 11.5 Å². The summed E-state index contributed by atoms with van der Waals surface area (Å²) in [6, 6.07) is 3.62. The van der Waals surface area contributed by atoms with Crippen molar-refractivity contribution < 1.29 is 5.11 Å². The van der Waals surface area contributed by atoms with E-state index in [1.54, 1.807) is 6.92 Å². The molecule has 1 unspecified atom stereocenters. The Bertz CT molecular complexity index is 348. The molecule has 0 saturated heterocycles. The van der Waals surface area contributed by atoms with Crippen LogP contribution in [0.25, 0.3) is 0 Å². The van der Waals surface area contributed by atoms with Crippen molar-refractivity contribution in [2.75, 3.05) is 11.1 Å². The largest absolute Gasteiger partial charge is 0.397 e. The molecule has 0 aliphatic rings. The second kappa shape index (κ2) is 4.06. The first-order valence-corrected chi connectivity index (χ1v) is 5.02. The third-order valence-electron chi connectivity index (χ3n) is 2.62. The van der Waals surface area contributed by atoms with Crippen LogP contribution < -0.4 is 11.1 Å². The summed E-state index contributed by atoms with van der Waals surface area (Å²) < 4.78 is 0. The van der Waals surface area contributed by atoms with Crippen LogP contribution in [0.1, 0.15) is 26.5 Å². The summed E-state index contributed by atoms with van der Waals surface area (Å²) in [6.07, 6.45) is -0.461. The number of hydrogen-bond acceptors (Lipinski definition) is 4. The van der Waals surface area contributed by atoms with E-state index >= 15 is 0 Å². The number of aryl methyl sites for hydroxylation is 1. The van der Waals surface area contributed by atoms with E-state index in [2.05, 4.69) is 10.3 Å². The first kappa shape index (κ1) is 11.8. The molecule has 4 N–H and O–H groups in total. The van der Waals surface area contributed by atoms with E-state index < -0.39 is 11.6 Å². The Morgan fingerprint density at radius 3 is 2.53 bits per heavy atom. The zero-order chi connectivity index (χ0) is 11.6. The Labute approximate surface area is 90.5 Å².